The average Bonchev–Trinajstić information content (AvgIpc) is 2.05. The van der Waals surface area contributed by atoms with Crippen molar-refractivity contribution in [3.05, 3.63) is 0 Å². The highest BCUT2D eigenvalue weighted by Gasteiger charge is 2.09. The van der Waals surface area contributed by atoms with Crippen LogP contribution >= 0.6 is 10.9 Å². The molecule has 72 valence electrons. The molecule has 0 radical (unpaired) electrons. The summed E-state index contributed by atoms with van der Waals surface area (Å²) < 4.78 is 4.92. The number of carbonyl (C=O) groups excluding carboxylic acids is 1. The highest BCUT2D eigenvalue weighted by molar-refractivity contribution is 8.17. The van der Waals surface area contributed by atoms with Gasteiger partial charge in [0.25, 0.3) is 0 Å². The largest absolute Gasteiger partial charge is 0.465 e. The minimum absolute atomic E-state index is 0.137. The second-order valence-corrected chi connectivity index (χ2v) is 5.93. The van der Waals surface area contributed by atoms with Gasteiger partial charge in [-0.2, -0.15) is 0 Å². The Morgan fingerprint density at radius 1 is 1.33 bits per heavy atom. The van der Waals surface area contributed by atoms with E-state index in [9.17, 15) is 4.79 Å². The van der Waals surface area contributed by atoms with Gasteiger partial charge in [0.1, 0.15) is 0 Å². The van der Waals surface area contributed by atoms with Crippen molar-refractivity contribution in [3.63, 3.8) is 0 Å². The van der Waals surface area contributed by atoms with Gasteiger partial charge in [0, 0.05) is 12.7 Å². The summed E-state index contributed by atoms with van der Waals surface area (Å²) in [6.07, 6.45) is 4.20. The van der Waals surface area contributed by atoms with E-state index in [1.807, 2.05) is 0 Å². The van der Waals surface area contributed by atoms with Gasteiger partial charge in [-0.05, 0) is 24.3 Å². The van der Waals surface area contributed by atoms with Crippen LogP contribution in [0.4, 0.5) is 0 Å². The molecule has 0 aliphatic carbocycles. The van der Waals surface area contributed by atoms with E-state index in [1.165, 1.54) is 37.7 Å². The van der Waals surface area contributed by atoms with Crippen LogP contribution in [0.15, 0.2) is 0 Å². The maximum absolute atomic E-state index is 10.5. The van der Waals surface area contributed by atoms with Gasteiger partial charge in [-0.25, -0.2) is 0 Å². The first-order valence-electron chi connectivity index (χ1n) is 4.65. The van der Waals surface area contributed by atoms with Crippen molar-refractivity contribution in [1.29, 1.82) is 0 Å². The van der Waals surface area contributed by atoms with Crippen LogP contribution in [0.1, 0.15) is 26.2 Å². The van der Waals surface area contributed by atoms with Crippen LogP contribution in [0.3, 0.4) is 0 Å². The van der Waals surface area contributed by atoms with Crippen molar-refractivity contribution in [2.45, 2.75) is 26.2 Å². The van der Waals surface area contributed by atoms with E-state index in [2.05, 4.69) is 0 Å². The number of ether oxygens (including phenoxy) is 1. The van der Waals surface area contributed by atoms with Crippen LogP contribution in [0.5, 0.6) is 0 Å². The van der Waals surface area contributed by atoms with Crippen LogP contribution in [-0.2, 0) is 9.53 Å². The Balaban J connectivity index is 2.01. The van der Waals surface area contributed by atoms with E-state index in [0.717, 1.165) is 5.75 Å². The Kier molecular flexibility index (Phi) is 4.51. The molecule has 1 rings (SSSR count). The predicted molar refractivity (Wildman–Crippen MR) is 54.1 cm³/mol. The van der Waals surface area contributed by atoms with Gasteiger partial charge in [0.2, 0.25) is 0 Å². The number of hydrogen-bond donors (Lipinski definition) is 1. The van der Waals surface area contributed by atoms with Gasteiger partial charge in [-0.3, -0.25) is 15.7 Å². The molecule has 3 heteroatoms. The van der Waals surface area contributed by atoms with Crippen LogP contribution in [-0.4, -0.2) is 29.8 Å². The third kappa shape index (κ3) is 4.00. The lowest BCUT2D eigenvalue weighted by molar-refractivity contribution is -0.140. The summed E-state index contributed by atoms with van der Waals surface area (Å²) in [5.74, 6) is 3.80. The zero-order valence-corrected chi connectivity index (χ0v) is 8.61. The maximum atomic E-state index is 10.5. The summed E-state index contributed by atoms with van der Waals surface area (Å²) in [7, 11) is 0.220. The molecule has 0 unspecified atom stereocenters. The highest BCUT2D eigenvalue weighted by atomic mass is 32.2. The third-order valence-electron chi connectivity index (χ3n) is 2.16. The standard InChI is InChI=1S/C9H18O2S/c1-9(10)11-5-8-12-6-3-2-4-7-12/h12H,2-8H2,1H3. The Morgan fingerprint density at radius 2 is 2.00 bits per heavy atom. The Bertz CT molecular complexity index is 141. The van der Waals surface area contributed by atoms with Gasteiger partial charge in [0.15, 0.2) is 0 Å². The zero-order valence-electron chi connectivity index (χ0n) is 7.71. The van der Waals surface area contributed by atoms with E-state index >= 15 is 0 Å². The fourth-order valence-corrected chi connectivity index (χ4v) is 3.86. The molecule has 2 nitrogen and oxygen atoms in total. The van der Waals surface area contributed by atoms with Crippen molar-refractivity contribution in [2.75, 3.05) is 23.9 Å². The van der Waals surface area contributed by atoms with Crippen LogP contribution in [0, 0.1) is 0 Å². The van der Waals surface area contributed by atoms with Crippen molar-refractivity contribution in [3.8, 4) is 0 Å². The lowest BCUT2D eigenvalue weighted by atomic mass is 10.3. The van der Waals surface area contributed by atoms with Gasteiger partial charge in [-0.1, -0.05) is 6.42 Å². The fraction of sp³-hybridized carbons (Fsp3) is 0.889. The van der Waals surface area contributed by atoms with E-state index in [0.29, 0.717) is 6.61 Å². The quantitative estimate of drug-likeness (QED) is 0.542. The van der Waals surface area contributed by atoms with Gasteiger partial charge in [-0.15, -0.1) is 0 Å². The molecule has 0 saturated carbocycles. The SMILES string of the molecule is CC(=O)OCC[SH]1CCCCC1. The topological polar surface area (TPSA) is 26.3 Å². The van der Waals surface area contributed by atoms with E-state index in [4.69, 9.17) is 4.74 Å². The molecule has 0 N–H and O–H groups in total. The van der Waals surface area contributed by atoms with Crippen molar-refractivity contribution >= 4 is 16.9 Å². The van der Waals surface area contributed by atoms with E-state index in [1.54, 1.807) is 0 Å². The molecule has 0 amide bonds. The lowest BCUT2D eigenvalue weighted by Gasteiger charge is -2.25. The molecule has 0 atom stereocenters. The molecule has 12 heavy (non-hydrogen) atoms. The van der Waals surface area contributed by atoms with Crippen molar-refractivity contribution in [1.82, 2.24) is 0 Å². The number of esters is 1. The average molecular weight is 190 g/mol. The summed E-state index contributed by atoms with van der Waals surface area (Å²) in [5, 5.41) is 0. The minimum atomic E-state index is -0.137. The molecule has 1 aliphatic rings. The molecule has 0 aromatic carbocycles. The van der Waals surface area contributed by atoms with Crippen LogP contribution < -0.4 is 0 Å². The van der Waals surface area contributed by atoms with E-state index < -0.39 is 0 Å². The minimum Gasteiger partial charge on any atom is -0.465 e. The van der Waals surface area contributed by atoms with Crippen molar-refractivity contribution < 1.29 is 9.53 Å². The summed E-state index contributed by atoms with van der Waals surface area (Å²) in [5.41, 5.74) is 0. The number of hydrogen-bond acceptors (Lipinski definition) is 2. The first-order valence-corrected chi connectivity index (χ1v) is 6.54. The fourth-order valence-electron chi connectivity index (χ4n) is 1.50. The Labute approximate surface area is 77.0 Å². The molecule has 1 fully saturated rings. The van der Waals surface area contributed by atoms with Gasteiger partial charge < -0.3 is 4.74 Å². The molecule has 1 heterocycles. The molecule has 1 aliphatic heterocycles. The first-order chi connectivity index (χ1) is 5.79. The normalized spacial score (nSPS) is 20.6. The highest BCUT2D eigenvalue weighted by Crippen LogP contribution is 2.32. The smallest absolute Gasteiger partial charge is 0.302 e. The molecule has 0 aromatic rings. The molecular weight excluding hydrogens is 172 g/mol. The van der Waals surface area contributed by atoms with Crippen LogP contribution in [0.2, 0.25) is 0 Å². The number of thiol groups is 1. The summed E-state index contributed by atoms with van der Waals surface area (Å²) >= 11 is 0. The third-order valence-corrected chi connectivity index (χ3v) is 4.87. The first kappa shape index (κ1) is 9.90. The molecule has 0 spiro atoms. The maximum Gasteiger partial charge on any atom is 0.302 e. The molecular formula is C9H18O2S. The monoisotopic (exact) mass is 190 g/mol. The van der Waals surface area contributed by atoms with Crippen LogP contribution in [0.25, 0.3) is 0 Å². The second-order valence-electron chi connectivity index (χ2n) is 3.24. The van der Waals surface area contributed by atoms with Gasteiger partial charge in [0.05, 0.1) is 6.61 Å². The number of rotatable bonds is 3. The van der Waals surface area contributed by atoms with Crippen molar-refractivity contribution in [2.24, 2.45) is 0 Å². The molecule has 1 saturated heterocycles. The second kappa shape index (κ2) is 5.46. The Hall–Kier alpha value is -0.180. The summed E-state index contributed by atoms with van der Waals surface area (Å²) in [6, 6.07) is 0. The summed E-state index contributed by atoms with van der Waals surface area (Å²) in [6.45, 7) is 2.13. The van der Waals surface area contributed by atoms with Gasteiger partial charge >= 0.3 is 5.97 Å². The van der Waals surface area contributed by atoms with E-state index in [-0.39, 0.29) is 16.9 Å². The zero-order chi connectivity index (χ0) is 8.81. The molecule has 0 aromatic heterocycles. The Morgan fingerprint density at radius 3 is 2.58 bits per heavy atom. The summed E-state index contributed by atoms with van der Waals surface area (Å²) in [4.78, 5) is 10.5. The predicted octanol–water partition coefficient (Wildman–Crippen LogP) is 1.73. The molecule has 0 bridgehead atoms. The lowest BCUT2D eigenvalue weighted by Crippen LogP contribution is -2.11. The number of carbonyl (C=O) groups is 1.